The van der Waals surface area contributed by atoms with E-state index in [1.165, 1.54) is 60.8 Å². The van der Waals surface area contributed by atoms with Gasteiger partial charge in [-0.1, -0.05) is 129 Å². The van der Waals surface area contributed by atoms with Crippen LogP contribution in [-0.2, 0) is 5.41 Å². The fourth-order valence-corrected chi connectivity index (χ4v) is 8.46. The first-order valence-corrected chi connectivity index (χ1v) is 17.5. The number of para-hydroxylation sites is 2. The van der Waals surface area contributed by atoms with Crippen molar-refractivity contribution in [3.63, 3.8) is 0 Å². The monoisotopic (exact) mass is 642 g/mol. The van der Waals surface area contributed by atoms with Crippen LogP contribution in [0.3, 0.4) is 0 Å². The van der Waals surface area contributed by atoms with Crippen molar-refractivity contribution < 1.29 is 4.58 Å². The molecule has 3 nitrogen and oxygen atoms in total. The molecule has 10 rings (SSSR count). The summed E-state index contributed by atoms with van der Waals surface area (Å²) in [5.41, 5.74) is 15.1. The highest BCUT2D eigenvalue weighted by molar-refractivity contribution is 6.18. The second-order valence-electron chi connectivity index (χ2n) is 14.0. The highest BCUT2D eigenvalue weighted by Gasteiger charge is 2.41. The van der Waals surface area contributed by atoms with Gasteiger partial charge >= 0.3 is 0 Å². The van der Waals surface area contributed by atoms with Crippen LogP contribution in [0.25, 0.3) is 49.7 Å². The molecule has 2 aliphatic rings. The lowest BCUT2D eigenvalue weighted by Crippen LogP contribution is -2.51. The van der Waals surface area contributed by atoms with Gasteiger partial charge in [-0.25, -0.2) is 5.32 Å². The summed E-state index contributed by atoms with van der Waals surface area (Å²) in [6.45, 7) is 4.72. The smallest absolute Gasteiger partial charge is 0.289 e. The number of hydrogen-bond donors (Lipinski definition) is 1. The summed E-state index contributed by atoms with van der Waals surface area (Å²) in [5.74, 6) is 1.10. The number of rotatable bonds is 5. The number of benzene rings is 7. The minimum absolute atomic E-state index is 0.0279. The number of nitrogens with zero attached hydrogens (tertiary/aromatic N) is 2. The van der Waals surface area contributed by atoms with Gasteiger partial charge in [0, 0.05) is 27.4 Å². The first kappa shape index (κ1) is 28.8. The minimum Gasteiger partial charge on any atom is -0.309 e. The quantitative estimate of drug-likeness (QED) is 0.185. The van der Waals surface area contributed by atoms with Gasteiger partial charge in [-0.05, 0) is 88.0 Å². The molecule has 1 atom stereocenters. The molecule has 1 aliphatic heterocycles. The van der Waals surface area contributed by atoms with Crippen LogP contribution in [0.1, 0.15) is 42.3 Å². The summed E-state index contributed by atoms with van der Waals surface area (Å²) in [5, 5.41) is 6.48. The van der Waals surface area contributed by atoms with Crippen molar-refractivity contribution in [2.75, 3.05) is 0 Å². The van der Waals surface area contributed by atoms with Gasteiger partial charge in [-0.2, -0.15) is 4.58 Å². The Bertz CT molecular complexity index is 2630. The summed E-state index contributed by atoms with van der Waals surface area (Å²) in [6, 6.07) is 61.8. The third-order valence-corrected chi connectivity index (χ3v) is 10.9. The van der Waals surface area contributed by atoms with Gasteiger partial charge in [0.05, 0.1) is 16.6 Å². The Morgan fingerprint density at radius 3 is 2.06 bits per heavy atom. The van der Waals surface area contributed by atoms with E-state index in [1.54, 1.807) is 0 Å². The molecule has 0 amide bonds. The van der Waals surface area contributed by atoms with Gasteiger partial charge in [0.15, 0.2) is 0 Å². The van der Waals surface area contributed by atoms with E-state index < -0.39 is 0 Å². The molecular weight excluding hydrogens is 607 g/mol. The molecule has 1 unspecified atom stereocenters. The van der Waals surface area contributed by atoms with Crippen LogP contribution in [-0.4, -0.2) is 15.0 Å². The average Bonchev–Trinajstić information content (AvgIpc) is 3.61. The number of nitrogens with one attached hydrogen (secondary N) is 1. The third-order valence-electron chi connectivity index (χ3n) is 10.9. The van der Waals surface area contributed by atoms with E-state index in [9.17, 15) is 0 Å². The van der Waals surface area contributed by atoms with Crippen LogP contribution in [0.15, 0.2) is 170 Å². The lowest BCUT2D eigenvalue weighted by molar-refractivity contribution is -0.531. The van der Waals surface area contributed by atoms with Crippen molar-refractivity contribution in [3.05, 3.63) is 192 Å². The molecule has 50 heavy (non-hydrogen) atoms. The van der Waals surface area contributed by atoms with Crippen LogP contribution in [0.2, 0.25) is 0 Å². The summed E-state index contributed by atoms with van der Waals surface area (Å²) >= 11 is 0. The van der Waals surface area contributed by atoms with E-state index in [0.717, 1.165) is 22.8 Å². The zero-order valence-corrected chi connectivity index (χ0v) is 28.1. The summed E-state index contributed by atoms with van der Waals surface area (Å²) in [7, 11) is 0. The number of amidine groups is 1. The first-order valence-electron chi connectivity index (χ1n) is 17.5. The molecule has 8 aromatic rings. The SMILES string of the molecule is CC1(C)c2ccccc2-c2c1ccc1c2c2ccccc2n1-c1cccc(C2=[N+](c3ccccc3)C(c3ccc(-c4ccccc4)cc3)N2)c1. The lowest BCUT2D eigenvalue weighted by Gasteiger charge is -2.29. The van der Waals surface area contributed by atoms with Crippen molar-refractivity contribution in [2.24, 2.45) is 0 Å². The molecule has 7 aromatic carbocycles. The highest BCUT2D eigenvalue weighted by Crippen LogP contribution is 2.53. The molecule has 0 fully saturated rings. The summed E-state index contributed by atoms with van der Waals surface area (Å²) < 4.78 is 4.88. The first-order chi connectivity index (χ1) is 24.6. The maximum absolute atomic E-state index is 3.85. The van der Waals surface area contributed by atoms with Gasteiger partial charge < -0.3 is 4.57 Å². The molecule has 3 heteroatoms. The van der Waals surface area contributed by atoms with Crippen molar-refractivity contribution >= 4 is 33.3 Å². The Balaban J connectivity index is 1.12. The third kappa shape index (κ3) is 4.20. The van der Waals surface area contributed by atoms with Gasteiger partial charge in [0.1, 0.15) is 5.69 Å². The largest absolute Gasteiger partial charge is 0.309 e. The zero-order chi connectivity index (χ0) is 33.4. The normalized spacial score (nSPS) is 15.8. The minimum atomic E-state index is -0.0466. The van der Waals surface area contributed by atoms with Crippen molar-refractivity contribution in [2.45, 2.75) is 25.4 Å². The van der Waals surface area contributed by atoms with Crippen LogP contribution >= 0.6 is 0 Å². The predicted octanol–water partition coefficient (Wildman–Crippen LogP) is 11.1. The van der Waals surface area contributed by atoms with E-state index in [4.69, 9.17) is 0 Å². The molecule has 0 radical (unpaired) electrons. The van der Waals surface area contributed by atoms with E-state index in [2.05, 4.69) is 198 Å². The Morgan fingerprint density at radius 2 is 1.24 bits per heavy atom. The van der Waals surface area contributed by atoms with Crippen molar-refractivity contribution in [3.8, 4) is 27.9 Å². The standard InChI is InChI=1S/C47H35N3/c1-47(2)39-22-11-9-20-37(39)43-40(47)28-29-42-44(43)38-21-10-12-23-41(38)49(42)36-19-13-16-34(30-36)46-48-45(50(46)35-17-7-4-8-18-35)33-26-24-32(25-27-33)31-14-5-3-6-15-31/h3-30,45H,1-2H3/p+1. The zero-order valence-electron chi connectivity index (χ0n) is 28.1. The molecule has 1 aliphatic carbocycles. The lowest BCUT2D eigenvalue weighted by atomic mass is 9.82. The van der Waals surface area contributed by atoms with Gasteiger partial charge in [0.2, 0.25) is 0 Å². The second-order valence-corrected chi connectivity index (χ2v) is 14.0. The fraction of sp³-hybridized carbons (Fsp3) is 0.0851. The Hall–Kier alpha value is -6.19. The maximum Gasteiger partial charge on any atom is 0.289 e. The summed E-state index contributed by atoms with van der Waals surface area (Å²) in [6.07, 6.45) is 0.0279. The number of aromatic nitrogens is 1. The second kappa shape index (κ2) is 10.9. The molecule has 0 saturated heterocycles. The highest BCUT2D eigenvalue weighted by atomic mass is 15.3. The molecular formula is C47H36N3+. The molecule has 2 heterocycles. The average molecular weight is 643 g/mol. The Morgan fingerprint density at radius 1 is 0.560 bits per heavy atom. The molecule has 238 valence electrons. The van der Waals surface area contributed by atoms with E-state index in [1.807, 2.05) is 0 Å². The molecule has 0 bridgehead atoms. The molecule has 0 spiro atoms. The number of fused-ring (bicyclic) bond motifs is 7. The predicted molar refractivity (Wildman–Crippen MR) is 207 cm³/mol. The molecule has 0 saturated carbocycles. The number of hydrogen-bond acceptors (Lipinski definition) is 1. The molecule has 1 N–H and O–H groups in total. The van der Waals surface area contributed by atoms with E-state index in [-0.39, 0.29) is 11.6 Å². The van der Waals surface area contributed by atoms with Crippen LogP contribution in [0.4, 0.5) is 5.69 Å². The van der Waals surface area contributed by atoms with Crippen LogP contribution in [0.5, 0.6) is 0 Å². The fourth-order valence-electron chi connectivity index (χ4n) is 8.46. The van der Waals surface area contributed by atoms with Crippen molar-refractivity contribution in [1.29, 1.82) is 0 Å². The van der Waals surface area contributed by atoms with E-state index in [0.29, 0.717) is 0 Å². The van der Waals surface area contributed by atoms with Crippen LogP contribution in [0, 0.1) is 0 Å². The van der Waals surface area contributed by atoms with Gasteiger partial charge in [-0.15, -0.1) is 0 Å². The van der Waals surface area contributed by atoms with Crippen molar-refractivity contribution in [1.82, 2.24) is 9.88 Å². The van der Waals surface area contributed by atoms with Gasteiger partial charge in [-0.3, -0.25) is 0 Å². The Kier molecular flexibility index (Phi) is 6.28. The maximum atomic E-state index is 3.85. The van der Waals surface area contributed by atoms with Gasteiger partial charge in [0.25, 0.3) is 12.0 Å². The topological polar surface area (TPSA) is 20.0 Å². The van der Waals surface area contributed by atoms with E-state index >= 15 is 0 Å². The summed E-state index contributed by atoms with van der Waals surface area (Å²) in [4.78, 5) is 0. The molecule has 1 aromatic heterocycles. The van der Waals surface area contributed by atoms with Crippen LogP contribution < -0.4 is 5.32 Å². The Labute approximate surface area is 292 Å².